The summed E-state index contributed by atoms with van der Waals surface area (Å²) in [5.41, 5.74) is -0.527. The Morgan fingerprint density at radius 1 is 1.33 bits per heavy atom. The summed E-state index contributed by atoms with van der Waals surface area (Å²) in [5, 5.41) is 0.737. The maximum absolute atomic E-state index is 11.4. The molecule has 1 atom stereocenters. The molecule has 0 radical (unpaired) electrons. The molecule has 0 aromatic rings. The minimum absolute atomic E-state index is 0.128. The van der Waals surface area contributed by atoms with Crippen LogP contribution < -0.4 is 0 Å². The average Bonchev–Trinajstić information content (AvgIpc) is 1.98. The zero-order valence-electron chi connectivity index (χ0n) is 8.60. The van der Waals surface area contributed by atoms with Crippen LogP contribution in [-0.4, -0.2) is 29.3 Å². The molecule has 0 N–H and O–H groups in total. The van der Waals surface area contributed by atoms with E-state index in [1.807, 2.05) is 17.7 Å². The van der Waals surface area contributed by atoms with Crippen LogP contribution in [0.2, 0.25) is 5.09 Å². The van der Waals surface area contributed by atoms with E-state index in [2.05, 4.69) is 0 Å². The van der Waals surface area contributed by atoms with Gasteiger partial charge in [-0.2, -0.15) is 0 Å². The van der Waals surface area contributed by atoms with E-state index < -0.39 is 5.41 Å². The van der Waals surface area contributed by atoms with Crippen LogP contribution in [0.15, 0.2) is 0 Å². The monoisotopic (exact) mass is 162 g/mol. The standard InChI is InChI=1S/C9H15O2.Li/c1-6(2)7(10)8(11)9(3,4)5;/h6H,1H2,2-5H3;. The Kier molecular flexibility index (Phi) is 4.23. The predicted octanol–water partition coefficient (Wildman–Crippen LogP) is 1.39. The van der Waals surface area contributed by atoms with Crippen LogP contribution in [0, 0.1) is 11.3 Å². The van der Waals surface area contributed by atoms with E-state index >= 15 is 0 Å². The predicted molar refractivity (Wildman–Crippen MR) is 49.2 cm³/mol. The van der Waals surface area contributed by atoms with E-state index in [1.165, 1.54) is 0 Å². The molecule has 0 aromatic carbocycles. The summed E-state index contributed by atoms with van der Waals surface area (Å²) in [5.74, 6) is -0.612. The number of ketones is 2. The molecule has 0 aliphatic rings. The Hall–Kier alpha value is -0.0626. The molecule has 12 heavy (non-hydrogen) atoms. The molecule has 1 unspecified atom stereocenters. The van der Waals surface area contributed by atoms with Gasteiger partial charge in [0.25, 0.3) is 0 Å². The van der Waals surface area contributed by atoms with Crippen molar-refractivity contribution in [2.24, 2.45) is 11.3 Å². The molecule has 0 saturated heterocycles. The molecular formula is C9H15LiO2. The number of Topliss-reactive ketones (excluding diaryl/α,β-unsaturated/α-hetero) is 2. The molecule has 0 spiro atoms. The summed E-state index contributed by atoms with van der Waals surface area (Å²) in [6.45, 7) is 7.12. The van der Waals surface area contributed by atoms with Gasteiger partial charge in [0, 0.05) is 0 Å². The van der Waals surface area contributed by atoms with Crippen molar-refractivity contribution in [1.82, 2.24) is 0 Å². The molecule has 64 valence electrons. The molecule has 0 amide bonds. The molecule has 2 nitrogen and oxygen atoms in total. The number of hydrogen-bond acceptors (Lipinski definition) is 2. The SMILES string of the molecule is [Li][CH2]C(C)C(=O)C(=O)C(C)(C)C. The van der Waals surface area contributed by atoms with Crippen LogP contribution in [0.4, 0.5) is 0 Å². The van der Waals surface area contributed by atoms with Gasteiger partial charge in [0.2, 0.25) is 0 Å². The van der Waals surface area contributed by atoms with Gasteiger partial charge in [-0.15, -0.1) is 0 Å². The summed E-state index contributed by atoms with van der Waals surface area (Å²) in [7, 11) is 0. The summed E-state index contributed by atoms with van der Waals surface area (Å²) >= 11 is 1.92. The second-order valence-corrected chi connectivity index (χ2v) is 4.25. The second kappa shape index (κ2) is 4.25. The van der Waals surface area contributed by atoms with Crippen LogP contribution in [-0.2, 0) is 9.59 Å². The first-order valence-electron chi connectivity index (χ1n) is 4.39. The van der Waals surface area contributed by atoms with Crippen molar-refractivity contribution in [3.05, 3.63) is 0 Å². The number of carbonyl (C=O) groups is 2. The Morgan fingerprint density at radius 3 is 2.00 bits per heavy atom. The van der Waals surface area contributed by atoms with Gasteiger partial charge in [0.15, 0.2) is 0 Å². The Balaban J connectivity index is 4.42. The van der Waals surface area contributed by atoms with E-state index in [1.54, 1.807) is 27.7 Å². The molecule has 0 aromatic heterocycles. The Labute approximate surface area is 83.3 Å². The van der Waals surface area contributed by atoms with Gasteiger partial charge in [-0.25, -0.2) is 0 Å². The molecule has 3 heteroatoms. The van der Waals surface area contributed by atoms with Crippen LogP contribution in [0.1, 0.15) is 27.7 Å². The number of hydrogen-bond donors (Lipinski definition) is 0. The molecular weight excluding hydrogens is 147 g/mol. The summed E-state index contributed by atoms with van der Waals surface area (Å²) in [6, 6.07) is 0. The first kappa shape index (κ1) is 11.9. The van der Waals surface area contributed by atoms with Gasteiger partial charge in [-0.3, -0.25) is 0 Å². The van der Waals surface area contributed by atoms with Crippen molar-refractivity contribution in [1.29, 1.82) is 0 Å². The molecule has 0 saturated carbocycles. The number of rotatable bonds is 3. The molecule has 0 fully saturated rings. The van der Waals surface area contributed by atoms with Gasteiger partial charge >= 0.3 is 83.0 Å². The zero-order chi connectivity index (χ0) is 9.94. The summed E-state index contributed by atoms with van der Waals surface area (Å²) < 4.78 is 0. The van der Waals surface area contributed by atoms with Crippen molar-refractivity contribution in [2.75, 3.05) is 0 Å². The molecule has 0 heterocycles. The third-order valence-electron chi connectivity index (χ3n) is 1.96. The molecule has 0 rings (SSSR count). The Morgan fingerprint density at radius 2 is 1.75 bits per heavy atom. The van der Waals surface area contributed by atoms with Crippen molar-refractivity contribution in [3.8, 4) is 0 Å². The van der Waals surface area contributed by atoms with Crippen molar-refractivity contribution in [2.45, 2.75) is 32.8 Å². The molecule has 0 aliphatic carbocycles. The van der Waals surface area contributed by atoms with Crippen LogP contribution >= 0.6 is 0 Å². The molecule has 0 aliphatic heterocycles. The van der Waals surface area contributed by atoms with E-state index in [-0.39, 0.29) is 17.5 Å². The Bertz CT molecular complexity index is 191. The third kappa shape index (κ3) is 3.13. The van der Waals surface area contributed by atoms with Gasteiger partial charge in [-0.1, -0.05) is 0 Å². The van der Waals surface area contributed by atoms with Crippen LogP contribution in [0.25, 0.3) is 0 Å². The molecule has 0 bridgehead atoms. The topological polar surface area (TPSA) is 34.1 Å². The van der Waals surface area contributed by atoms with Crippen molar-refractivity contribution in [3.63, 3.8) is 0 Å². The fraction of sp³-hybridized carbons (Fsp3) is 0.778. The average molecular weight is 162 g/mol. The summed E-state index contributed by atoms with van der Waals surface area (Å²) in [4.78, 5) is 22.8. The van der Waals surface area contributed by atoms with Crippen molar-refractivity contribution < 1.29 is 9.59 Å². The van der Waals surface area contributed by atoms with E-state index in [4.69, 9.17) is 0 Å². The third-order valence-corrected chi connectivity index (χ3v) is 1.96. The van der Waals surface area contributed by atoms with E-state index in [9.17, 15) is 9.59 Å². The van der Waals surface area contributed by atoms with Crippen LogP contribution in [0.3, 0.4) is 0 Å². The van der Waals surface area contributed by atoms with Gasteiger partial charge < -0.3 is 0 Å². The van der Waals surface area contributed by atoms with E-state index in [0.29, 0.717) is 0 Å². The fourth-order valence-electron chi connectivity index (χ4n) is 0.779. The first-order chi connectivity index (χ1) is 5.30. The minimum atomic E-state index is -0.527. The van der Waals surface area contributed by atoms with Gasteiger partial charge in [-0.05, 0) is 0 Å². The first-order valence-corrected chi connectivity index (χ1v) is 4.39. The second-order valence-electron chi connectivity index (χ2n) is 4.25. The normalized spacial score (nSPS) is 14.2. The fourth-order valence-corrected chi connectivity index (χ4v) is 0.779. The zero-order valence-corrected chi connectivity index (χ0v) is 8.60. The van der Waals surface area contributed by atoms with Gasteiger partial charge in [0.05, 0.1) is 0 Å². The quantitative estimate of drug-likeness (QED) is 0.464. The maximum atomic E-state index is 11.4. The van der Waals surface area contributed by atoms with Crippen LogP contribution in [0.5, 0.6) is 0 Å². The van der Waals surface area contributed by atoms with E-state index in [0.717, 1.165) is 5.09 Å². The number of carbonyl (C=O) groups excluding carboxylic acids is 2. The summed E-state index contributed by atoms with van der Waals surface area (Å²) in [6.07, 6.45) is 0. The van der Waals surface area contributed by atoms with Gasteiger partial charge in [0.1, 0.15) is 0 Å². The van der Waals surface area contributed by atoms with Crippen molar-refractivity contribution >= 4 is 29.3 Å².